The van der Waals surface area contributed by atoms with Crippen LogP contribution >= 0.6 is 11.3 Å². The molecule has 5 aromatic carbocycles. The first kappa shape index (κ1) is 24.3. The molecule has 4 aromatic heterocycles. The maximum atomic E-state index is 4.97. The van der Waals surface area contributed by atoms with Crippen LogP contribution in [-0.4, -0.2) is 19.1 Å². The van der Waals surface area contributed by atoms with Gasteiger partial charge in [-0.15, -0.1) is 11.3 Å². The molecular formula is C38H26N4S. The molecule has 0 saturated heterocycles. The molecule has 4 heterocycles. The molecule has 0 N–H and O–H groups in total. The Bertz CT molecular complexity index is 2500. The van der Waals surface area contributed by atoms with Gasteiger partial charge in [-0.05, 0) is 66.1 Å². The molecule has 0 fully saturated rings. The minimum absolute atomic E-state index is 0.820. The van der Waals surface area contributed by atoms with E-state index in [4.69, 9.17) is 9.97 Å². The fourth-order valence-electron chi connectivity index (χ4n) is 6.72. The normalized spacial score (nSPS) is 11.9. The van der Waals surface area contributed by atoms with Crippen molar-refractivity contribution in [3.05, 3.63) is 139 Å². The first-order valence-electron chi connectivity index (χ1n) is 14.5. The van der Waals surface area contributed by atoms with Gasteiger partial charge in [0.1, 0.15) is 11.6 Å². The molecule has 43 heavy (non-hydrogen) atoms. The van der Waals surface area contributed by atoms with Crippen LogP contribution in [0.25, 0.3) is 70.2 Å². The summed E-state index contributed by atoms with van der Waals surface area (Å²) in [6.45, 7) is 0. The van der Waals surface area contributed by atoms with E-state index in [9.17, 15) is 0 Å². The van der Waals surface area contributed by atoms with Crippen LogP contribution in [-0.2, 0) is 13.5 Å². The third kappa shape index (κ3) is 3.68. The molecular weight excluding hydrogens is 545 g/mol. The maximum absolute atomic E-state index is 4.97. The SMILES string of the molecule is Cn1c(-c2cccc(Cc3cc4c(c5ccccc5n4-c4ccccn4)c4c3sc3ccccc34)c2)nc2ccccc21. The van der Waals surface area contributed by atoms with Gasteiger partial charge in [-0.25, -0.2) is 9.97 Å². The molecule has 9 rings (SSSR count). The van der Waals surface area contributed by atoms with E-state index >= 15 is 0 Å². The Hall–Kier alpha value is -5.26. The number of imidazole rings is 1. The van der Waals surface area contributed by atoms with Crippen molar-refractivity contribution in [2.24, 2.45) is 7.05 Å². The number of benzene rings is 5. The van der Waals surface area contributed by atoms with Crippen molar-refractivity contribution in [2.75, 3.05) is 0 Å². The third-order valence-corrected chi connectivity index (χ3v) is 9.85. The Labute approximate surface area is 252 Å². The number of rotatable bonds is 4. The fourth-order valence-corrected chi connectivity index (χ4v) is 7.94. The van der Waals surface area contributed by atoms with Crippen LogP contribution in [0, 0.1) is 0 Å². The standard InChI is InChI=1S/C38H26N4S/c1-41-31-17-6-4-15-29(31)40-38(41)25-12-10-11-24(21-25)22-26-23-32-35(36-28-14-3-7-18-33(28)43-37(26)36)27-13-2-5-16-30(27)42(32)34-19-8-9-20-39-34/h2-21,23H,22H2,1H3. The number of aryl methyl sites for hydroxylation is 1. The van der Waals surface area contributed by atoms with Crippen LogP contribution in [0.15, 0.2) is 128 Å². The van der Waals surface area contributed by atoms with Gasteiger partial charge in [-0.2, -0.15) is 0 Å². The molecule has 0 spiro atoms. The van der Waals surface area contributed by atoms with Gasteiger partial charge < -0.3 is 4.57 Å². The van der Waals surface area contributed by atoms with E-state index in [2.05, 4.69) is 125 Å². The molecule has 5 heteroatoms. The summed E-state index contributed by atoms with van der Waals surface area (Å²) in [5.41, 5.74) is 8.25. The highest BCUT2D eigenvalue weighted by Gasteiger charge is 2.21. The average molecular weight is 571 g/mol. The Kier molecular flexibility index (Phi) is 5.31. The van der Waals surface area contributed by atoms with Crippen LogP contribution in [0.3, 0.4) is 0 Å². The second-order valence-electron chi connectivity index (χ2n) is 11.1. The molecule has 0 atom stereocenters. The summed E-state index contributed by atoms with van der Waals surface area (Å²) in [5, 5.41) is 5.20. The zero-order chi connectivity index (χ0) is 28.5. The van der Waals surface area contributed by atoms with E-state index in [1.54, 1.807) is 0 Å². The molecule has 9 aromatic rings. The van der Waals surface area contributed by atoms with Crippen molar-refractivity contribution in [1.29, 1.82) is 0 Å². The number of aromatic nitrogens is 4. The number of para-hydroxylation sites is 3. The lowest BCUT2D eigenvalue weighted by Crippen LogP contribution is -1.98. The van der Waals surface area contributed by atoms with Crippen LogP contribution in [0.4, 0.5) is 0 Å². The van der Waals surface area contributed by atoms with Crippen LogP contribution in [0.5, 0.6) is 0 Å². The van der Waals surface area contributed by atoms with Crippen molar-refractivity contribution < 1.29 is 0 Å². The van der Waals surface area contributed by atoms with Crippen LogP contribution in [0.2, 0.25) is 0 Å². The lowest BCUT2D eigenvalue weighted by atomic mass is 9.97. The quantitative estimate of drug-likeness (QED) is 0.211. The molecule has 0 aliphatic rings. The largest absolute Gasteiger partial charge is 0.327 e. The van der Waals surface area contributed by atoms with Crippen LogP contribution in [0.1, 0.15) is 11.1 Å². The molecule has 4 nitrogen and oxygen atoms in total. The molecule has 0 bridgehead atoms. The Morgan fingerprint density at radius 1 is 0.674 bits per heavy atom. The highest BCUT2D eigenvalue weighted by Crippen LogP contribution is 2.45. The summed E-state index contributed by atoms with van der Waals surface area (Å²) < 4.78 is 7.19. The second-order valence-corrected chi connectivity index (χ2v) is 12.2. The van der Waals surface area contributed by atoms with Gasteiger partial charge >= 0.3 is 0 Å². The molecule has 0 saturated carbocycles. The summed E-state index contributed by atoms with van der Waals surface area (Å²) >= 11 is 1.90. The second kappa shape index (κ2) is 9.38. The minimum Gasteiger partial charge on any atom is -0.327 e. The molecule has 0 aliphatic heterocycles. The lowest BCUT2D eigenvalue weighted by Gasteiger charge is -2.11. The van der Waals surface area contributed by atoms with E-state index in [0.29, 0.717) is 0 Å². The number of nitrogens with zero attached hydrogens (tertiary/aromatic N) is 4. The van der Waals surface area contributed by atoms with Gasteiger partial charge in [0, 0.05) is 49.8 Å². The van der Waals surface area contributed by atoms with E-state index in [1.807, 2.05) is 29.7 Å². The van der Waals surface area contributed by atoms with Crippen molar-refractivity contribution in [3.63, 3.8) is 0 Å². The molecule has 204 valence electrons. The molecule has 0 radical (unpaired) electrons. The number of thiophene rings is 1. The van der Waals surface area contributed by atoms with E-state index in [-0.39, 0.29) is 0 Å². The van der Waals surface area contributed by atoms with Gasteiger partial charge in [0.15, 0.2) is 0 Å². The van der Waals surface area contributed by atoms with Crippen molar-refractivity contribution in [3.8, 4) is 17.2 Å². The van der Waals surface area contributed by atoms with Gasteiger partial charge in [0.2, 0.25) is 0 Å². The Morgan fingerprint density at radius 2 is 1.47 bits per heavy atom. The number of fused-ring (bicyclic) bond motifs is 8. The van der Waals surface area contributed by atoms with Crippen molar-refractivity contribution in [1.82, 2.24) is 19.1 Å². The predicted molar refractivity (Wildman–Crippen MR) is 180 cm³/mol. The Balaban J connectivity index is 1.30. The Morgan fingerprint density at radius 3 is 2.33 bits per heavy atom. The molecule has 0 amide bonds. The van der Waals surface area contributed by atoms with Gasteiger partial charge in [-0.1, -0.05) is 72.8 Å². The zero-order valence-corrected chi connectivity index (χ0v) is 24.3. The minimum atomic E-state index is 0.820. The summed E-state index contributed by atoms with van der Waals surface area (Å²) in [4.78, 5) is 9.77. The zero-order valence-electron chi connectivity index (χ0n) is 23.5. The third-order valence-electron chi connectivity index (χ3n) is 8.60. The first-order valence-corrected chi connectivity index (χ1v) is 15.3. The molecule has 0 aliphatic carbocycles. The highest BCUT2D eigenvalue weighted by atomic mass is 32.1. The maximum Gasteiger partial charge on any atom is 0.140 e. The van der Waals surface area contributed by atoms with E-state index in [1.165, 1.54) is 53.1 Å². The average Bonchev–Trinajstić information content (AvgIpc) is 3.71. The fraction of sp³-hybridized carbons (Fsp3) is 0.0526. The highest BCUT2D eigenvalue weighted by molar-refractivity contribution is 7.26. The summed E-state index contributed by atoms with van der Waals surface area (Å²) in [6, 6.07) is 43.3. The van der Waals surface area contributed by atoms with Crippen LogP contribution < -0.4 is 0 Å². The number of hydrogen-bond acceptors (Lipinski definition) is 3. The number of hydrogen-bond donors (Lipinski definition) is 0. The molecule has 0 unspecified atom stereocenters. The summed E-state index contributed by atoms with van der Waals surface area (Å²) in [6.07, 6.45) is 2.70. The topological polar surface area (TPSA) is 35.6 Å². The van der Waals surface area contributed by atoms with Crippen molar-refractivity contribution in [2.45, 2.75) is 6.42 Å². The summed E-state index contributed by atoms with van der Waals surface area (Å²) in [5.74, 6) is 1.92. The van der Waals surface area contributed by atoms with E-state index in [0.717, 1.165) is 34.7 Å². The van der Waals surface area contributed by atoms with Gasteiger partial charge in [0.05, 0.1) is 22.1 Å². The van der Waals surface area contributed by atoms with Gasteiger partial charge in [-0.3, -0.25) is 4.57 Å². The monoisotopic (exact) mass is 570 g/mol. The van der Waals surface area contributed by atoms with E-state index < -0.39 is 0 Å². The number of pyridine rings is 1. The smallest absolute Gasteiger partial charge is 0.140 e. The lowest BCUT2D eigenvalue weighted by molar-refractivity contribution is 0.958. The summed E-state index contributed by atoms with van der Waals surface area (Å²) in [7, 11) is 2.10. The first-order chi connectivity index (χ1) is 21.2. The predicted octanol–water partition coefficient (Wildman–Crippen LogP) is 9.69. The van der Waals surface area contributed by atoms with Crippen molar-refractivity contribution >= 4 is 64.3 Å². The van der Waals surface area contributed by atoms with Gasteiger partial charge in [0.25, 0.3) is 0 Å².